The molecular weight excluding hydrogens is 420 g/mol. The zero-order valence-corrected chi connectivity index (χ0v) is 17.9. The molecule has 0 spiro atoms. The van der Waals surface area contributed by atoms with Crippen molar-refractivity contribution >= 4 is 45.6 Å². The number of thiophene rings is 1. The Bertz CT molecular complexity index is 982. The molecule has 2 aromatic rings. The number of rotatable bonds is 6. The van der Waals surface area contributed by atoms with Gasteiger partial charge in [0.05, 0.1) is 22.5 Å². The molecule has 0 atom stereocenters. The molecule has 2 aromatic heterocycles. The quantitative estimate of drug-likeness (QED) is 0.413. The lowest BCUT2D eigenvalue weighted by molar-refractivity contribution is -0.389. The Balaban J connectivity index is 1.85. The van der Waals surface area contributed by atoms with Crippen molar-refractivity contribution in [3.05, 3.63) is 36.8 Å². The number of aryl methyl sites for hydroxylation is 1. The van der Waals surface area contributed by atoms with Gasteiger partial charge in [0.2, 0.25) is 5.91 Å². The number of amides is 1. The van der Waals surface area contributed by atoms with Crippen LogP contribution in [0.4, 0.5) is 10.8 Å². The second-order valence-electron chi connectivity index (χ2n) is 7.06. The molecular formula is C18H21ClN4O5S. The Morgan fingerprint density at radius 2 is 2.07 bits per heavy atom. The molecule has 0 fully saturated rings. The fourth-order valence-corrected chi connectivity index (χ4v) is 4.72. The largest absolute Gasteiger partial charge is 0.459 e. The molecule has 0 unspecified atom stereocenters. The van der Waals surface area contributed by atoms with E-state index in [2.05, 4.69) is 10.4 Å². The summed E-state index contributed by atoms with van der Waals surface area (Å²) < 4.78 is 6.55. The first-order chi connectivity index (χ1) is 13.7. The molecule has 0 radical (unpaired) electrons. The second-order valence-corrected chi connectivity index (χ2v) is 8.54. The fourth-order valence-electron chi connectivity index (χ4n) is 3.22. The van der Waals surface area contributed by atoms with Gasteiger partial charge in [-0.05, 0) is 56.9 Å². The molecule has 1 aliphatic rings. The summed E-state index contributed by atoms with van der Waals surface area (Å²) >= 11 is 7.30. The number of nitrogens with zero attached hydrogens (tertiary/aromatic N) is 3. The van der Waals surface area contributed by atoms with E-state index < -0.39 is 22.6 Å². The van der Waals surface area contributed by atoms with Crippen LogP contribution < -0.4 is 5.32 Å². The predicted octanol–water partition coefficient (Wildman–Crippen LogP) is 3.90. The van der Waals surface area contributed by atoms with Crippen LogP contribution in [0.15, 0.2) is 0 Å². The Morgan fingerprint density at radius 1 is 1.38 bits per heavy atom. The molecule has 0 aromatic carbocycles. The molecule has 29 heavy (non-hydrogen) atoms. The summed E-state index contributed by atoms with van der Waals surface area (Å²) in [6.07, 6.45) is 3.36. The summed E-state index contributed by atoms with van der Waals surface area (Å²) in [6.45, 7) is 4.82. The number of esters is 1. The smallest absolute Gasteiger partial charge is 0.408 e. The number of ether oxygens (including phenoxy) is 1. The number of fused-ring (bicyclic) bond motifs is 1. The van der Waals surface area contributed by atoms with Crippen molar-refractivity contribution in [2.24, 2.45) is 0 Å². The average Bonchev–Trinajstić information content (AvgIpc) is 3.13. The topological polar surface area (TPSA) is 116 Å². The molecule has 1 N–H and O–H groups in total. The van der Waals surface area contributed by atoms with Crippen molar-refractivity contribution in [1.82, 2.24) is 9.78 Å². The molecule has 156 valence electrons. The van der Waals surface area contributed by atoms with Crippen molar-refractivity contribution in [3.63, 3.8) is 0 Å². The molecule has 3 rings (SSSR count). The number of nitro groups is 1. The zero-order chi connectivity index (χ0) is 21.3. The van der Waals surface area contributed by atoms with E-state index in [1.807, 2.05) is 0 Å². The summed E-state index contributed by atoms with van der Waals surface area (Å²) in [5, 5.41) is 17.9. The Kier molecular flexibility index (Phi) is 6.23. The first-order valence-corrected chi connectivity index (χ1v) is 10.4. The van der Waals surface area contributed by atoms with Gasteiger partial charge < -0.3 is 20.2 Å². The van der Waals surface area contributed by atoms with Gasteiger partial charge in [0.25, 0.3) is 0 Å². The maximum Gasteiger partial charge on any atom is 0.408 e. The predicted molar refractivity (Wildman–Crippen MR) is 109 cm³/mol. The summed E-state index contributed by atoms with van der Waals surface area (Å²) in [5.41, 5.74) is 1.67. The number of hydrogen-bond acceptors (Lipinski definition) is 7. The zero-order valence-electron chi connectivity index (χ0n) is 16.3. The van der Waals surface area contributed by atoms with Crippen molar-refractivity contribution in [2.45, 2.75) is 59.1 Å². The minimum Gasteiger partial charge on any atom is -0.459 e. The van der Waals surface area contributed by atoms with Crippen LogP contribution in [0, 0.1) is 17.0 Å². The normalized spacial score (nSPS) is 13.3. The third-order valence-electron chi connectivity index (χ3n) is 4.55. The van der Waals surface area contributed by atoms with E-state index in [9.17, 15) is 19.7 Å². The highest BCUT2D eigenvalue weighted by molar-refractivity contribution is 7.17. The number of aromatic nitrogens is 2. The molecule has 11 heteroatoms. The van der Waals surface area contributed by atoms with Gasteiger partial charge in [-0.3, -0.25) is 4.79 Å². The number of carbonyl (C=O) groups is 2. The summed E-state index contributed by atoms with van der Waals surface area (Å²) in [7, 11) is 0. The molecule has 0 aliphatic heterocycles. The third kappa shape index (κ3) is 4.43. The van der Waals surface area contributed by atoms with Crippen LogP contribution in [-0.4, -0.2) is 32.7 Å². The number of carbonyl (C=O) groups excluding carboxylic acids is 2. The van der Waals surface area contributed by atoms with Crippen molar-refractivity contribution < 1.29 is 19.2 Å². The molecule has 0 saturated carbocycles. The summed E-state index contributed by atoms with van der Waals surface area (Å²) in [6, 6.07) is 0. The van der Waals surface area contributed by atoms with Crippen LogP contribution in [0.1, 0.15) is 53.2 Å². The highest BCUT2D eigenvalue weighted by atomic mass is 35.5. The van der Waals surface area contributed by atoms with Gasteiger partial charge in [0.1, 0.15) is 11.5 Å². The highest BCUT2D eigenvalue weighted by Gasteiger charge is 2.29. The van der Waals surface area contributed by atoms with Gasteiger partial charge in [-0.15, -0.1) is 11.3 Å². The molecule has 0 bridgehead atoms. The van der Waals surface area contributed by atoms with Crippen LogP contribution in [0.3, 0.4) is 0 Å². The van der Waals surface area contributed by atoms with E-state index in [1.54, 1.807) is 20.8 Å². The van der Waals surface area contributed by atoms with Gasteiger partial charge in [-0.25, -0.2) is 4.79 Å². The van der Waals surface area contributed by atoms with Gasteiger partial charge >= 0.3 is 11.8 Å². The first kappa shape index (κ1) is 21.3. The highest BCUT2D eigenvalue weighted by Crippen LogP contribution is 2.38. The maximum absolute atomic E-state index is 12.6. The fraction of sp³-hybridized carbons (Fsp3) is 0.500. The lowest BCUT2D eigenvalue weighted by atomic mass is 9.95. The van der Waals surface area contributed by atoms with Crippen LogP contribution in [0.5, 0.6) is 0 Å². The van der Waals surface area contributed by atoms with Crippen LogP contribution >= 0.6 is 22.9 Å². The van der Waals surface area contributed by atoms with E-state index in [-0.39, 0.29) is 17.7 Å². The number of hydrogen-bond donors (Lipinski definition) is 1. The van der Waals surface area contributed by atoms with Crippen LogP contribution in [0.2, 0.25) is 5.02 Å². The number of anilines is 1. The molecule has 2 heterocycles. The van der Waals surface area contributed by atoms with Crippen LogP contribution in [-0.2, 0) is 28.9 Å². The minimum atomic E-state index is -0.697. The van der Waals surface area contributed by atoms with Gasteiger partial charge in [0, 0.05) is 4.88 Å². The lowest BCUT2D eigenvalue weighted by Crippen LogP contribution is -2.22. The Labute approximate surface area is 176 Å². The van der Waals surface area contributed by atoms with E-state index in [0.29, 0.717) is 16.3 Å². The maximum atomic E-state index is 12.6. The van der Waals surface area contributed by atoms with E-state index in [0.717, 1.165) is 36.1 Å². The molecule has 1 aliphatic carbocycles. The van der Waals surface area contributed by atoms with Crippen LogP contribution in [0.25, 0.3) is 0 Å². The van der Waals surface area contributed by atoms with E-state index >= 15 is 0 Å². The SMILES string of the molecule is Cc1c(Cl)c([N+](=O)[O-])nn1CC(=O)Nc1sc2c(c1C(=O)OC(C)C)CCCC2. The van der Waals surface area contributed by atoms with Crippen molar-refractivity contribution in [3.8, 4) is 0 Å². The van der Waals surface area contributed by atoms with Gasteiger partial charge in [-0.2, -0.15) is 4.68 Å². The van der Waals surface area contributed by atoms with Crippen molar-refractivity contribution in [1.29, 1.82) is 0 Å². The van der Waals surface area contributed by atoms with Gasteiger partial charge in [0.15, 0.2) is 5.02 Å². The van der Waals surface area contributed by atoms with Gasteiger partial charge in [-0.1, -0.05) is 11.6 Å². The summed E-state index contributed by atoms with van der Waals surface area (Å²) in [4.78, 5) is 36.6. The monoisotopic (exact) mass is 440 g/mol. The first-order valence-electron chi connectivity index (χ1n) is 9.21. The number of nitrogens with one attached hydrogen (secondary N) is 1. The Hall–Kier alpha value is -2.46. The van der Waals surface area contributed by atoms with Crippen molar-refractivity contribution in [2.75, 3.05) is 5.32 Å². The molecule has 9 nitrogen and oxygen atoms in total. The van der Waals surface area contributed by atoms with E-state index in [1.165, 1.54) is 16.0 Å². The minimum absolute atomic E-state index is 0.101. The average molecular weight is 441 g/mol. The lowest BCUT2D eigenvalue weighted by Gasteiger charge is -2.14. The summed E-state index contributed by atoms with van der Waals surface area (Å²) in [5.74, 6) is -1.41. The Morgan fingerprint density at radius 3 is 2.69 bits per heavy atom. The molecule has 0 saturated heterocycles. The third-order valence-corrected chi connectivity index (χ3v) is 6.20. The molecule has 1 amide bonds. The second kappa shape index (κ2) is 8.50. The van der Waals surface area contributed by atoms with E-state index in [4.69, 9.17) is 16.3 Å². The number of halogens is 1. The standard InChI is InChI=1S/C18H21ClN4O5S/c1-9(2)28-18(25)14-11-6-4-5-7-12(11)29-17(14)20-13(24)8-22-10(3)15(19)16(21-22)23(26)27/h9H,4-8H2,1-3H3,(H,20,24).